The van der Waals surface area contributed by atoms with Crippen LogP contribution in [0, 0.1) is 11.8 Å². The van der Waals surface area contributed by atoms with Gasteiger partial charge in [0.2, 0.25) is 0 Å². The summed E-state index contributed by atoms with van der Waals surface area (Å²) in [5.41, 5.74) is 1.38. The quantitative estimate of drug-likeness (QED) is 0.592. The van der Waals surface area contributed by atoms with Crippen LogP contribution >= 0.6 is 0 Å². The average Bonchev–Trinajstić information content (AvgIpc) is 2.74. The molecule has 0 spiro atoms. The molecular formula is C19H31NO. The van der Waals surface area contributed by atoms with Crippen molar-refractivity contribution in [2.24, 2.45) is 11.8 Å². The number of hydrogen-bond acceptors (Lipinski definition) is 2. The maximum atomic E-state index is 5.54. The molecule has 0 bridgehead atoms. The average molecular weight is 289 g/mol. The highest BCUT2D eigenvalue weighted by atomic mass is 16.5. The van der Waals surface area contributed by atoms with Gasteiger partial charge in [-0.1, -0.05) is 44.4 Å². The lowest BCUT2D eigenvalue weighted by Crippen LogP contribution is -2.29. The molecule has 2 nitrogen and oxygen atoms in total. The lowest BCUT2D eigenvalue weighted by molar-refractivity contribution is 0.294. The molecule has 2 atom stereocenters. The highest BCUT2D eigenvalue weighted by Gasteiger charge is 2.24. The van der Waals surface area contributed by atoms with E-state index in [0.29, 0.717) is 0 Å². The molecule has 21 heavy (non-hydrogen) atoms. The third kappa shape index (κ3) is 5.03. The van der Waals surface area contributed by atoms with Crippen molar-refractivity contribution in [3.8, 4) is 5.75 Å². The van der Waals surface area contributed by atoms with E-state index in [1.165, 1.54) is 57.1 Å². The molecule has 1 saturated carbocycles. The molecule has 1 N–H and O–H groups in total. The number of benzene rings is 1. The molecule has 1 aliphatic carbocycles. The van der Waals surface area contributed by atoms with E-state index in [0.717, 1.165) is 24.1 Å². The van der Waals surface area contributed by atoms with Crippen molar-refractivity contribution in [1.29, 1.82) is 0 Å². The number of rotatable bonds is 7. The van der Waals surface area contributed by atoms with E-state index in [2.05, 4.69) is 36.5 Å². The van der Waals surface area contributed by atoms with Crippen molar-refractivity contribution >= 4 is 0 Å². The summed E-state index contributed by atoms with van der Waals surface area (Å²) in [5, 5.41) is 3.65. The number of para-hydroxylation sites is 1. The lowest BCUT2D eigenvalue weighted by atomic mass is 9.83. The minimum Gasteiger partial charge on any atom is -0.496 e. The second kappa shape index (κ2) is 9.09. The zero-order valence-electron chi connectivity index (χ0n) is 13.7. The first kappa shape index (κ1) is 16.4. The molecule has 0 aromatic heterocycles. The maximum absolute atomic E-state index is 5.54. The highest BCUT2D eigenvalue weighted by Crippen LogP contribution is 2.33. The fourth-order valence-electron chi connectivity index (χ4n) is 3.62. The molecule has 1 aromatic carbocycles. The zero-order valence-corrected chi connectivity index (χ0v) is 13.7. The van der Waals surface area contributed by atoms with E-state index in [4.69, 9.17) is 4.74 Å². The molecule has 1 aromatic rings. The third-order valence-electron chi connectivity index (χ3n) is 4.82. The first-order valence-corrected chi connectivity index (χ1v) is 8.67. The third-order valence-corrected chi connectivity index (χ3v) is 4.82. The van der Waals surface area contributed by atoms with Gasteiger partial charge in [0.05, 0.1) is 7.11 Å². The normalized spacial score (nSPS) is 22.8. The Bertz CT molecular complexity index is 404. The molecule has 1 fully saturated rings. The van der Waals surface area contributed by atoms with Crippen molar-refractivity contribution in [2.45, 2.75) is 51.9 Å². The second-order valence-electron chi connectivity index (χ2n) is 6.38. The van der Waals surface area contributed by atoms with Gasteiger partial charge < -0.3 is 10.1 Å². The summed E-state index contributed by atoms with van der Waals surface area (Å²) < 4.78 is 5.54. The predicted molar refractivity (Wildman–Crippen MR) is 89.9 cm³/mol. The van der Waals surface area contributed by atoms with Gasteiger partial charge in [0.25, 0.3) is 0 Å². The van der Waals surface area contributed by atoms with Gasteiger partial charge in [-0.15, -0.1) is 0 Å². The van der Waals surface area contributed by atoms with Gasteiger partial charge in [0.15, 0.2) is 0 Å². The lowest BCUT2D eigenvalue weighted by Gasteiger charge is -2.26. The molecule has 0 aliphatic heterocycles. The van der Waals surface area contributed by atoms with Gasteiger partial charge in [-0.3, -0.25) is 0 Å². The van der Waals surface area contributed by atoms with Crippen LogP contribution < -0.4 is 10.1 Å². The van der Waals surface area contributed by atoms with Crippen LogP contribution in [0.25, 0.3) is 0 Å². The molecule has 0 heterocycles. The molecule has 0 amide bonds. The minimum atomic E-state index is 0.799. The molecule has 2 heteroatoms. The highest BCUT2D eigenvalue weighted by molar-refractivity contribution is 5.33. The van der Waals surface area contributed by atoms with Crippen LogP contribution in [0.5, 0.6) is 5.75 Å². The van der Waals surface area contributed by atoms with Crippen molar-refractivity contribution < 1.29 is 4.74 Å². The Hall–Kier alpha value is -1.02. The topological polar surface area (TPSA) is 21.3 Å². The van der Waals surface area contributed by atoms with E-state index in [9.17, 15) is 0 Å². The van der Waals surface area contributed by atoms with Crippen LogP contribution in [-0.4, -0.2) is 20.2 Å². The summed E-state index contributed by atoms with van der Waals surface area (Å²) in [7, 11) is 1.78. The Morgan fingerprint density at radius 1 is 1.10 bits per heavy atom. The molecular weight excluding hydrogens is 258 g/mol. The van der Waals surface area contributed by atoms with E-state index in [1.807, 2.05) is 0 Å². The van der Waals surface area contributed by atoms with Crippen LogP contribution in [0.3, 0.4) is 0 Å². The number of nitrogens with one attached hydrogen (secondary N) is 1. The first-order chi connectivity index (χ1) is 10.3. The summed E-state index contributed by atoms with van der Waals surface area (Å²) in [6.45, 7) is 4.58. The molecule has 1 aliphatic rings. The predicted octanol–water partition coefficient (Wildman–Crippen LogP) is 4.43. The summed E-state index contributed by atoms with van der Waals surface area (Å²) in [6.07, 6.45) is 9.36. The smallest absolute Gasteiger partial charge is 0.122 e. The molecule has 0 saturated heterocycles. The van der Waals surface area contributed by atoms with Gasteiger partial charge in [0.1, 0.15) is 5.75 Å². The number of hydrogen-bond donors (Lipinski definition) is 1. The van der Waals surface area contributed by atoms with Gasteiger partial charge in [0, 0.05) is 0 Å². The fraction of sp³-hybridized carbons (Fsp3) is 0.684. The van der Waals surface area contributed by atoms with Crippen molar-refractivity contribution in [3.63, 3.8) is 0 Å². The van der Waals surface area contributed by atoms with Gasteiger partial charge >= 0.3 is 0 Å². The van der Waals surface area contributed by atoms with E-state index >= 15 is 0 Å². The fourth-order valence-corrected chi connectivity index (χ4v) is 3.62. The Kier molecular flexibility index (Phi) is 7.08. The van der Waals surface area contributed by atoms with Crippen LogP contribution in [0.1, 0.15) is 51.0 Å². The molecule has 2 rings (SSSR count). The summed E-state index contributed by atoms with van der Waals surface area (Å²) >= 11 is 0. The van der Waals surface area contributed by atoms with Crippen molar-refractivity contribution in [1.82, 2.24) is 5.32 Å². The standard InChI is InChI=1S/C19H31NO/c1-3-13-20-15-18-11-6-4-5-9-16(18)14-17-10-7-8-12-19(17)21-2/h7-8,10,12,16,18,20H,3-6,9,11,13-15H2,1-2H3. The van der Waals surface area contributed by atoms with Gasteiger partial charge in [-0.05, 0) is 62.2 Å². The van der Waals surface area contributed by atoms with Gasteiger partial charge in [-0.2, -0.15) is 0 Å². The van der Waals surface area contributed by atoms with Crippen LogP contribution in [0.2, 0.25) is 0 Å². The number of ether oxygens (including phenoxy) is 1. The van der Waals surface area contributed by atoms with Crippen molar-refractivity contribution in [2.75, 3.05) is 20.2 Å². The van der Waals surface area contributed by atoms with E-state index in [1.54, 1.807) is 7.11 Å². The van der Waals surface area contributed by atoms with Crippen molar-refractivity contribution in [3.05, 3.63) is 29.8 Å². The van der Waals surface area contributed by atoms with Gasteiger partial charge in [-0.25, -0.2) is 0 Å². The zero-order chi connectivity index (χ0) is 14.9. The van der Waals surface area contributed by atoms with Crippen LogP contribution in [0.4, 0.5) is 0 Å². The SMILES string of the molecule is CCCNCC1CCCCCC1Cc1ccccc1OC. The van der Waals surface area contributed by atoms with E-state index in [-0.39, 0.29) is 0 Å². The Morgan fingerprint density at radius 3 is 2.62 bits per heavy atom. The summed E-state index contributed by atoms with van der Waals surface area (Å²) in [6, 6.07) is 8.53. The molecule has 118 valence electrons. The van der Waals surface area contributed by atoms with Crippen LogP contribution in [-0.2, 0) is 6.42 Å². The Morgan fingerprint density at radius 2 is 1.86 bits per heavy atom. The summed E-state index contributed by atoms with van der Waals surface area (Å²) in [5.74, 6) is 2.68. The van der Waals surface area contributed by atoms with E-state index < -0.39 is 0 Å². The Balaban J connectivity index is 2.02. The molecule has 2 unspecified atom stereocenters. The summed E-state index contributed by atoms with van der Waals surface area (Å²) in [4.78, 5) is 0. The molecule has 0 radical (unpaired) electrons. The largest absolute Gasteiger partial charge is 0.496 e. The maximum Gasteiger partial charge on any atom is 0.122 e. The Labute approximate surface area is 130 Å². The minimum absolute atomic E-state index is 0.799. The van der Waals surface area contributed by atoms with Crippen LogP contribution in [0.15, 0.2) is 24.3 Å². The first-order valence-electron chi connectivity index (χ1n) is 8.67. The monoisotopic (exact) mass is 289 g/mol. The second-order valence-corrected chi connectivity index (χ2v) is 6.38. The number of methoxy groups -OCH3 is 1.